The predicted octanol–water partition coefficient (Wildman–Crippen LogP) is 5.88. The van der Waals surface area contributed by atoms with Crippen LogP contribution < -0.4 is 0 Å². The highest BCUT2D eigenvalue weighted by Gasteiger charge is 2.38. The van der Waals surface area contributed by atoms with E-state index in [1.807, 2.05) is 54.6 Å². The Morgan fingerprint density at radius 1 is 0.656 bits per heavy atom. The molecular weight excluding hydrogens is 468 g/mol. The van der Waals surface area contributed by atoms with Gasteiger partial charge in [0.25, 0.3) is 0 Å². The average molecular weight is 497 g/mol. The summed E-state index contributed by atoms with van der Waals surface area (Å²) in [7, 11) is 0. The maximum atomic E-state index is 6.31. The zero-order chi connectivity index (χ0) is 22.0. The summed E-state index contributed by atoms with van der Waals surface area (Å²) in [6, 6.07) is 30.5. The molecular formula is C27H29BrO4. The van der Waals surface area contributed by atoms with E-state index < -0.39 is 0 Å². The molecule has 0 spiro atoms. The van der Waals surface area contributed by atoms with Gasteiger partial charge in [-0.3, -0.25) is 0 Å². The van der Waals surface area contributed by atoms with E-state index in [0.29, 0.717) is 26.4 Å². The van der Waals surface area contributed by atoms with Crippen LogP contribution in [0.25, 0.3) is 0 Å². The molecule has 3 aromatic rings. The Morgan fingerprint density at radius 3 is 1.66 bits per heavy atom. The largest absolute Gasteiger partial charge is 0.374 e. The van der Waals surface area contributed by atoms with Gasteiger partial charge in [0, 0.05) is 6.42 Å². The summed E-state index contributed by atoms with van der Waals surface area (Å²) in [5, 5.41) is -0.215. The third-order valence-corrected chi connectivity index (χ3v) is 6.29. The molecule has 0 radical (unpaired) electrons. The molecule has 5 heteroatoms. The fourth-order valence-electron chi connectivity index (χ4n) is 3.72. The van der Waals surface area contributed by atoms with Crippen LogP contribution in [0.5, 0.6) is 0 Å². The highest BCUT2D eigenvalue weighted by atomic mass is 79.9. The van der Waals surface area contributed by atoms with Crippen molar-refractivity contribution < 1.29 is 18.9 Å². The smallest absolute Gasteiger partial charge is 0.139 e. The second-order valence-electron chi connectivity index (χ2n) is 7.93. The summed E-state index contributed by atoms with van der Waals surface area (Å²) < 4.78 is 24.8. The summed E-state index contributed by atoms with van der Waals surface area (Å²) in [6.45, 7) is 2.08. The number of halogens is 1. The van der Waals surface area contributed by atoms with E-state index in [4.69, 9.17) is 18.9 Å². The lowest BCUT2D eigenvalue weighted by atomic mass is 10.0. The van der Waals surface area contributed by atoms with Gasteiger partial charge in [-0.15, -0.1) is 0 Å². The molecule has 1 aliphatic heterocycles. The van der Waals surface area contributed by atoms with Crippen LogP contribution in [0, 0.1) is 0 Å². The van der Waals surface area contributed by atoms with Crippen LogP contribution in [0.15, 0.2) is 91.0 Å². The standard InChI is InChI=1S/C27H29BrO4/c28-27-25(31-19-23-14-8-3-9-15-23)16-24(30-18-22-12-6-2-7-13-22)26(32-27)20-29-17-21-10-4-1-5-11-21/h1-15,24-27H,16-20H2/t24-,25+,26+,27?/m0/s1. The average Bonchev–Trinajstić information content (AvgIpc) is 2.85. The second kappa shape index (κ2) is 12.3. The number of alkyl halides is 1. The molecule has 0 saturated carbocycles. The molecule has 1 aliphatic rings. The molecule has 3 aromatic carbocycles. The summed E-state index contributed by atoms with van der Waals surface area (Å²) in [6.07, 6.45) is 0.319. The third-order valence-electron chi connectivity index (χ3n) is 5.48. The minimum absolute atomic E-state index is 0.110. The predicted molar refractivity (Wildman–Crippen MR) is 128 cm³/mol. The van der Waals surface area contributed by atoms with Gasteiger partial charge < -0.3 is 18.9 Å². The molecule has 0 aromatic heterocycles. The fourth-order valence-corrected chi connectivity index (χ4v) is 4.36. The van der Waals surface area contributed by atoms with E-state index in [2.05, 4.69) is 52.3 Å². The summed E-state index contributed by atoms with van der Waals surface area (Å²) >= 11 is 3.67. The van der Waals surface area contributed by atoms with Crippen molar-refractivity contribution in [3.05, 3.63) is 108 Å². The Hall–Kier alpha value is -2.02. The zero-order valence-electron chi connectivity index (χ0n) is 18.0. The minimum Gasteiger partial charge on any atom is -0.374 e. The van der Waals surface area contributed by atoms with E-state index in [1.54, 1.807) is 0 Å². The number of ether oxygens (including phenoxy) is 4. The van der Waals surface area contributed by atoms with E-state index in [-0.39, 0.29) is 23.3 Å². The molecule has 4 atom stereocenters. The molecule has 0 aliphatic carbocycles. The topological polar surface area (TPSA) is 36.9 Å². The molecule has 168 valence electrons. The van der Waals surface area contributed by atoms with Crippen LogP contribution >= 0.6 is 15.9 Å². The van der Waals surface area contributed by atoms with Gasteiger partial charge >= 0.3 is 0 Å². The molecule has 4 nitrogen and oxygen atoms in total. The molecule has 0 N–H and O–H groups in total. The molecule has 1 fully saturated rings. The van der Waals surface area contributed by atoms with Crippen molar-refractivity contribution in [2.75, 3.05) is 6.61 Å². The van der Waals surface area contributed by atoms with Crippen LogP contribution in [-0.2, 0) is 38.8 Å². The van der Waals surface area contributed by atoms with Crippen LogP contribution in [0.2, 0.25) is 0 Å². The van der Waals surface area contributed by atoms with Crippen molar-refractivity contribution in [3.63, 3.8) is 0 Å². The van der Waals surface area contributed by atoms with Gasteiger partial charge in [0.2, 0.25) is 0 Å². The van der Waals surface area contributed by atoms with Gasteiger partial charge in [-0.05, 0) is 16.7 Å². The first-order valence-electron chi connectivity index (χ1n) is 11.0. The molecule has 1 saturated heterocycles. The Morgan fingerprint density at radius 2 is 1.12 bits per heavy atom. The third kappa shape index (κ3) is 6.99. The van der Waals surface area contributed by atoms with Gasteiger partial charge in [0.05, 0.1) is 38.6 Å². The maximum Gasteiger partial charge on any atom is 0.139 e. The fraction of sp³-hybridized carbons (Fsp3) is 0.333. The van der Waals surface area contributed by atoms with Gasteiger partial charge in [-0.25, -0.2) is 0 Å². The maximum absolute atomic E-state index is 6.31. The molecule has 4 rings (SSSR count). The number of benzene rings is 3. The van der Waals surface area contributed by atoms with Gasteiger partial charge in [0.15, 0.2) is 0 Å². The molecule has 32 heavy (non-hydrogen) atoms. The monoisotopic (exact) mass is 496 g/mol. The molecule has 0 amide bonds. The molecule has 1 unspecified atom stereocenters. The highest BCUT2D eigenvalue weighted by Crippen LogP contribution is 2.30. The van der Waals surface area contributed by atoms with Crippen molar-refractivity contribution in [1.82, 2.24) is 0 Å². The van der Waals surface area contributed by atoms with E-state index in [9.17, 15) is 0 Å². The normalized spacial score (nSPS) is 23.2. The zero-order valence-corrected chi connectivity index (χ0v) is 19.6. The van der Waals surface area contributed by atoms with Gasteiger partial charge in [-0.2, -0.15) is 0 Å². The van der Waals surface area contributed by atoms with Gasteiger partial charge in [-0.1, -0.05) is 107 Å². The lowest BCUT2D eigenvalue weighted by molar-refractivity contribution is -0.189. The van der Waals surface area contributed by atoms with E-state index in [0.717, 1.165) is 23.1 Å². The summed E-state index contributed by atoms with van der Waals surface area (Å²) in [4.78, 5) is 0. The van der Waals surface area contributed by atoms with E-state index >= 15 is 0 Å². The Kier molecular flexibility index (Phi) is 8.88. The highest BCUT2D eigenvalue weighted by molar-refractivity contribution is 9.09. The first-order chi connectivity index (χ1) is 15.8. The van der Waals surface area contributed by atoms with Crippen molar-refractivity contribution in [1.29, 1.82) is 0 Å². The first-order valence-corrected chi connectivity index (χ1v) is 11.9. The number of rotatable bonds is 10. The number of hydrogen-bond acceptors (Lipinski definition) is 4. The number of hydrogen-bond donors (Lipinski definition) is 0. The Bertz CT molecular complexity index is 907. The minimum atomic E-state index is -0.215. The van der Waals surface area contributed by atoms with E-state index in [1.165, 1.54) is 0 Å². The molecule has 0 bridgehead atoms. The van der Waals surface area contributed by atoms with Crippen molar-refractivity contribution in [2.24, 2.45) is 0 Å². The van der Waals surface area contributed by atoms with Crippen molar-refractivity contribution in [2.45, 2.75) is 49.6 Å². The summed E-state index contributed by atoms with van der Waals surface area (Å²) in [5.41, 5.74) is 3.42. The lowest BCUT2D eigenvalue weighted by Crippen LogP contribution is -2.48. The second-order valence-corrected chi connectivity index (χ2v) is 8.83. The quantitative estimate of drug-likeness (QED) is 0.328. The van der Waals surface area contributed by atoms with Crippen LogP contribution in [0.1, 0.15) is 23.1 Å². The summed E-state index contributed by atoms with van der Waals surface area (Å²) in [5.74, 6) is 0. The van der Waals surface area contributed by atoms with Crippen molar-refractivity contribution in [3.8, 4) is 0 Å². The van der Waals surface area contributed by atoms with Crippen LogP contribution in [-0.4, -0.2) is 29.9 Å². The SMILES string of the molecule is BrC1O[C@H](COCc2ccccc2)[C@@H](OCc2ccccc2)C[C@H]1OCc1ccccc1. The lowest BCUT2D eigenvalue weighted by Gasteiger charge is -2.39. The van der Waals surface area contributed by atoms with Crippen molar-refractivity contribution >= 4 is 15.9 Å². The first kappa shape index (κ1) is 23.1. The van der Waals surface area contributed by atoms with Gasteiger partial charge in [0.1, 0.15) is 11.1 Å². The Balaban J connectivity index is 1.36. The molecule has 1 heterocycles. The van der Waals surface area contributed by atoms with Crippen LogP contribution in [0.4, 0.5) is 0 Å². The van der Waals surface area contributed by atoms with Crippen LogP contribution in [0.3, 0.4) is 0 Å². The Labute approximate surface area is 198 Å².